The zero-order valence-electron chi connectivity index (χ0n) is 11.5. The average Bonchev–Trinajstić information content (AvgIpc) is 3.07. The molecule has 8 heteroatoms. The first kappa shape index (κ1) is 13.8. The summed E-state index contributed by atoms with van der Waals surface area (Å²) in [5, 5.41) is 9.72. The minimum Gasteiger partial charge on any atom is -0.476 e. The molecule has 114 valence electrons. The van der Waals surface area contributed by atoms with Crippen molar-refractivity contribution in [2.75, 3.05) is 31.2 Å². The number of anilines is 1. The molecule has 0 spiro atoms. The van der Waals surface area contributed by atoms with Crippen molar-refractivity contribution in [2.45, 2.75) is 0 Å². The van der Waals surface area contributed by atoms with E-state index in [4.69, 9.17) is 21.4 Å². The molecule has 1 N–H and O–H groups in total. The Labute approximate surface area is 134 Å². The van der Waals surface area contributed by atoms with Crippen LogP contribution in [0.2, 0.25) is 5.02 Å². The highest BCUT2D eigenvalue weighted by atomic mass is 35.5. The number of nitrogens with zero attached hydrogens (tertiary/aromatic N) is 3. The first-order valence-corrected chi connectivity index (χ1v) is 8.00. The third kappa shape index (κ3) is 2.05. The first-order chi connectivity index (χ1) is 10.6. The molecular weight excluding hydrogens is 326 g/mol. The number of ether oxygens (including phenoxy) is 1. The Hall–Kier alpha value is -1.83. The van der Waals surface area contributed by atoms with E-state index in [0.717, 1.165) is 29.0 Å². The standard InChI is InChI=1S/C14H12ClN3O3S/c15-11-9(17-3-5-21-6-4-17)1-2-10-12(11)22-14-16-8(13(19)20)7-18(10)14/h1-2,7H,3-6H2,(H,19,20). The molecule has 0 radical (unpaired) electrons. The lowest BCUT2D eigenvalue weighted by atomic mass is 10.2. The van der Waals surface area contributed by atoms with Gasteiger partial charge in [0.25, 0.3) is 0 Å². The Kier molecular flexibility index (Phi) is 3.21. The number of aromatic nitrogens is 2. The molecule has 4 rings (SSSR count). The number of carboxylic acids is 1. The van der Waals surface area contributed by atoms with Gasteiger partial charge in [-0.05, 0) is 12.1 Å². The Morgan fingerprint density at radius 1 is 1.36 bits per heavy atom. The maximum Gasteiger partial charge on any atom is 0.356 e. The van der Waals surface area contributed by atoms with E-state index in [2.05, 4.69) is 9.88 Å². The number of morpholine rings is 1. The lowest BCUT2D eigenvalue weighted by molar-refractivity contribution is 0.0691. The number of halogens is 1. The fourth-order valence-electron chi connectivity index (χ4n) is 2.67. The lowest BCUT2D eigenvalue weighted by Gasteiger charge is -2.29. The number of imidazole rings is 1. The van der Waals surface area contributed by atoms with E-state index in [9.17, 15) is 4.79 Å². The summed E-state index contributed by atoms with van der Waals surface area (Å²) in [4.78, 5) is 18.0. The summed E-state index contributed by atoms with van der Waals surface area (Å²) >= 11 is 7.98. The van der Waals surface area contributed by atoms with Gasteiger partial charge in [-0.3, -0.25) is 4.40 Å². The van der Waals surface area contributed by atoms with E-state index in [-0.39, 0.29) is 5.69 Å². The summed E-state index contributed by atoms with van der Waals surface area (Å²) in [6, 6.07) is 3.94. The van der Waals surface area contributed by atoms with Crippen LogP contribution in [-0.4, -0.2) is 46.8 Å². The van der Waals surface area contributed by atoms with E-state index in [0.29, 0.717) is 23.2 Å². The number of hydrogen-bond acceptors (Lipinski definition) is 5. The molecule has 1 aliphatic rings. The molecule has 22 heavy (non-hydrogen) atoms. The van der Waals surface area contributed by atoms with Gasteiger partial charge in [0, 0.05) is 19.3 Å². The van der Waals surface area contributed by atoms with Crippen LogP contribution in [0.1, 0.15) is 10.5 Å². The number of thiazole rings is 1. The van der Waals surface area contributed by atoms with Crippen LogP contribution in [0.4, 0.5) is 5.69 Å². The van der Waals surface area contributed by atoms with Gasteiger partial charge in [0.05, 0.1) is 34.1 Å². The highest BCUT2D eigenvalue weighted by Crippen LogP contribution is 2.38. The van der Waals surface area contributed by atoms with E-state index in [1.807, 2.05) is 12.1 Å². The van der Waals surface area contributed by atoms with Gasteiger partial charge in [-0.15, -0.1) is 0 Å². The van der Waals surface area contributed by atoms with Crippen molar-refractivity contribution in [1.82, 2.24) is 9.38 Å². The summed E-state index contributed by atoms with van der Waals surface area (Å²) in [6.07, 6.45) is 1.53. The van der Waals surface area contributed by atoms with Crippen LogP contribution >= 0.6 is 22.9 Å². The van der Waals surface area contributed by atoms with Crippen molar-refractivity contribution in [1.29, 1.82) is 0 Å². The summed E-state index contributed by atoms with van der Waals surface area (Å²) < 4.78 is 8.07. The van der Waals surface area contributed by atoms with E-state index in [1.54, 1.807) is 4.40 Å². The molecule has 0 atom stereocenters. The van der Waals surface area contributed by atoms with Crippen molar-refractivity contribution >= 4 is 49.8 Å². The molecular formula is C14H12ClN3O3S. The summed E-state index contributed by atoms with van der Waals surface area (Å²) in [5.41, 5.74) is 1.91. The predicted molar refractivity (Wildman–Crippen MR) is 85.6 cm³/mol. The summed E-state index contributed by atoms with van der Waals surface area (Å²) in [5.74, 6) is -1.03. The topological polar surface area (TPSA) is 67.1 Å². The lowest BCUT2D eigenvalue weighted by Crippen LogP contribution is -2.36. The number of hydrogen-bond donors (Lipinski definition) is 1. The van der Waals surface area contributed by atoms with Crippen LogP contribution in [0, 0.1) is 0 Å². The maximum absolute atomic E-state index is 11.0. The molecule has 0 aliphatic carbocycles. The second kappa shape index (κ2) is 5.12. The molecule has 3 heterocycles. The fourth-order valence-corrected chi connectivity index (χ4v) is 4.11. The monoisotopic (exact) mass is 337 g/mol. The quantitative estimate of drug-likeness (QED) is 0.778. The molecule has 0 amide bonds. The van der Waals surface area contributed by atoms with Crippen LogP contribution < -0.4 is 4.90 Å². The largest absolute Gasteiger partial charge is 0.476 e. The summed E-state index contributed by atoms with van der Waals surface area (Å²) in [7, 11) is 0. The molecule has 1 aliphatic heterocycles. The molecule has 1 aromatic carbocycles. The van der Waals surface area contributed by atoms with Gasteiger partial charge < -0.3 is 14.7 Å². The first-order valence-electron chi connectivity index (χ1n) is 6.81. The van der Waals surface area contributed by atoms with Gasteiger partial charge in [0.2, 0.25) is 0 Å². The van der Waals surface area contributed by atoms with E-state index in [1.165, 1.54) is 17.5 Å². The highest BCUT2D eigenvalue weighted by Gasteiger charge is 2.19. The number of carboxylic acid groups (broad SMARTS) is 1. The Balaban J connectivity index is 1.86. The molecule has 0 saturated carbocycles. The van der Waals surface area contributed by atoms with Crippen LogP contribution in [0.3, 0.4) is 0 Å². The number of fused-ring (bicyclic) bond motifs is 3. The van der Waals surface area contributed by atoms with Crippen LogP contribution in [0.5, 0.6) is 0 Å². The predicted octanol–water partition coefficient (Wildman–Crippen LogP) is 2.74. The second-order valence-corrected chi connectivity index (χ2v) is 6.39. The molecule has 1 saturated heterocycles. The molecule has 1 fully saturated rings. The normalized spacial score (nSPS) is 15.8. The van der Waals surface area contributed by atoms with Crippen LogP contribution in [-0.2, 0) is 4.74 Å². The molecule has 2 aromatic heterocycles. The zero-order valence-corrected chi connectivity index (χ0v) is 13.0. The van der Waals surface area contributed by atoms with Gasteiger partial charge in [-0.2, -0.15) is 0 Å². The Morgan fingerprint density at radius 3 is 2.86 bits per heavy atom. The Morgan fingerprint density at radius 2 is 2.14 bits per heavy atom. The van der Waals surface area contributed by atoms with Crippen LogP contribution in [0.15, 0.2) is 18.3 Å². The van der Waals surface area contributed by atoms with Gasteiger partial charge >= 0.3 is 5.97 Å². The highest BCUT2D eigenvalue weighted by molar-refractivity contribution is 7.24. The number of carbonyl (C=O) groups is 1. The van der Waals surface area contributed by atoms with Gasteiger partial charge in [0.1, 0.15) is 0 Å². The molecule has 6 nitrogen and oxygen atoms in total. The Bertz CT molecular complexity index is 882. The van der Waals surface area contributed by atoms with Crippen molar-refractivity contribution in [3.8, 4) is 0 Å². The zero-order chi connectivity index (χ0) is 15.3. The van der Waals surface area contributed by atoms with Crippen molar-refractivity contribution in [2.24, 2.45) is 0 Å². The van der Waals surface area contributed by atoms with Crippen LogP contribution in [0.25, 0.3) is 15.2 Å². The van der Waals surface area contributed by atoms with Gasteiger partial charge in [0.15, 0.2) is 10.7 Å². The third-order valence-electron chi connectivity index (χ3n) is 3.75. The van der Waals surface area contributed by atoms with Crippen molar-refractivity contribution in [3.05, 3.63) is 29.0 Å². The van der Waals surface area contributed by atoms with Gasteiger partial charge in [-0.1, -0.05) is 22.9 Å². The van der Waals surface area contributed by atoms with Crippen molar-refractivity contribution in [3.63, 3.8) is 0 Å². The van der Waals surface area contributed by atoms with E-state index < -0.39 is 5.97 Å². The molecule has 3 aromatic rings. The average molecular weight is 338 g/mol. The minimum absolute atomic E-state index is 0.0431. The molecule has 0 bridgehead atoms. The SMILES string of the molecule is O=C(O)c1cn2c(n1)sc1c(Cl)c(N3CCOCC3)ccc12. The maximum atomic E-state index is 11.0. The minimum atomic E-state index is -1.03. The number of benzene rings is 1. The number of aromatic carboxylic acids is 1. The summed E-state index contributed by atoms with van der Waals surface area (Å²) in [6.45, 7) is 3.03. The molecule has 0 unspecified atom stereocenters. The van der Waals surface area contributed by atoms with Gasteiger partial charge in [-0.25, -0.2) is 9.78 Å². The van der Waals surface area contributed by atoms with E-state index >= 15 is 0 Å². The fraction of sp³-hybridized carbons (Fsp3) is 0.286. The smallest absolute Gasteiger partial charge is 0.356 e. The number of rotatable bonds is 2. The second-order valence-electron chi connectivity index (χ2n) is 5.03. The van der Waals surface area contributed by atoms with Crippen molar-refractivity contribution < 1.29 is 14.6 Å². The third-order valence-corrected chi connectivity index (χ3v) is 5.34.